The van der Waals surface area contributed by atoms with E-state index in [4.69, 9.17) is 14.2 Å². The van der Waals surface area contributed by atoms with E-state index in [-0.39, 0.29) is 0 Å². The minimum absolute atomic E-state index is 0.327. The molecule has 12 heavy (non-hydrogen) atoms. The molecule has 0 amide bonds. The van der Waals surface area contributed by atoms with Crippen LogP contribution in [-0.2, 0) is 14.2 Å². The standard InChI is InChI=1S/C9H10O3/c1-10-7-2-4-8-9(5-3-7)12-6-11-8/h2,4-5H,3,6H2,1H3. The number of allylic oxidation sites excluding steroid dienone is 3. The Labute approximate surface area is 70.9 Å². The van der Waals surface area contributed by atoms with E-state index in [1.165, 1.54) is 0 Å². The highest BCUT2D eigenvalue weighted by Gasteiger charge is 2.17. The van der Waals surface area contributed by atoms with Crippen LogP contribution in [0.15, 0.2) is 35.5 Å². The van der Waals surface area contributed by atoms with Gasteiger partial charge in [-0.1, -0.05) is 0 Å². The normalized spacial score (nSPS) is 20.6. The molecule has 0 unspecified atom stereocenters. The molecule has 0 aromatic rings. The molecule has 0 N–H and O–H groups in total. The van der Waals surface area contributed by atoms with Crippen molar-refractivity contribution in [1.82, 2.24) is 0 Å². The third-order valence-corrected chi connectivity index (χ3v) is 1.84. The van der Waals surface area contributed by atoms with E-state index in [0.717, 1.165) is 23.7 Å². The third kappa shape index (κ3) is 1.18. The number of rotatable bonds is 1. The second kappa shape index (κ2) is 2.93. The Morgan fingerprint density at radius 2 is 2.08 bits per heavy atom. The van der Waals surface area contributed by atoms with E-state index in [1.807, 2.05) is 18.2 Å². The molecule has 0 radical (unpaired) electrons. The largest absolute Gasteiger partial charge is 0.501 e. The molecule has 1 fully saturated rings. The Balaban J connectivity index is 2.25. The fraction of sp³-hybridized carbons (Fsp3) is 0.333. The molecule has 0 aromatic heterocycles. The van der Waals surface area contributed by atoms with E-state index in [1.54, 1.807) is 7.11 Å². The van der Waals surface area contributed by atoms with Crippen LogP contribution in [0.3, 0.4) is 0 Å². The van der Waals surface area contributed by atoms with Crippen molar-refractivity contribution in [1.29, 1.82) is 0 Å². The number of hydrogen-bond acceptors (Lipinski definition) is 3. The van der Waals surface area contributed by atoms with Gasteiger partial charge in [0.2, 0.25) is 6.79 Å². The monoisotopic (exact) mass is 166 g/mol. The first-order chi connectivity index (χ1) is 5.90. The summed E-state index contributed by atoms with van der Waals surface area (Å²) in [6, 6.07) is 0. The van der Waals surface area contributed by atoms with Gasteiger partial charge in [0.1, 0.15) is 0 Å². The van der Waals surface area contributed by atoms with E-state index >= 15 is 0 Å². The molecular weight excluding hydrogens is 156 g/mol. The highest BCUT2D eigenvalue weighted by atomic mass is 16.7. The van der Waals surface area contributed by atoms with Gasteiger partial charge >= 0.3 is 0 Å². The number of ether oxygens (including phenoxy) is 3. The van der Waals surface area contributed by atoms with Crippen LogP contribution in [0.2, 0.25) is 0 Å². The molecule has 3 heteroatoms. The fourth-order valence-electron chi connectivity index (χ4n) is 1.17. The van der Waals surface area contributed by atoms with Crippen molar-refractivity contribution in [3.63, 3.8) is 0 Å². The molecule has 1 saturated heterocycles. The van der Waals surface area contributed by atoms with Crippen LogP contribution in [-0.4, -0.2) is 13.9 Å². The molecule has 0 spiro atoms. The van der Waals surface area contributed by atoms with Crippen LogP contribution in [0.4, 0.5) is 0 Å². The van der Waals surface area contributed by atoms with Crippen molar-refractivity contribution in [2.75, 3.05) is 13.9 Å². The van der Waals surface area contributed by atoms with Crippen LogP contribution in [0.5, 0.6) is 0 Å². The van der Waals surface area contributed by atoms with Crippen molar-refractivity contribution in [3.8, 4) is 0 Å². The maximum Gasteiger partial charge on any atom is 0.231 e. The minimum Gasteiger partial charge on any atom is -0.501 e. The summed E-state index contributed by atoms with van der Waals surface area (Å²) in [7, 11) is 1.66. The topological polar surface area (TPSA) is 27.7 Å². The summed E-state index contributed by atoms with van der Waals surface area (Å²) in [5, 5.41) is 0. The van der Waals surface area contributed by atoms with Crippen LogP contribution >= 0.6 is 0 Å². The summed E-state index contributed by atoms with van der Waals surface area (Å²) in [5.41, 5.74) is 0. The van der Waals surface area contributed by atoms with Crippen molar-refractivity contribution < 1.29 is 14.2 Å². The van der Waals surface area contributed by atoms with Gasteiger partial charge < -0.3 is 14.2 Å². The Bertz CT molecular complexity index is 273. The fourth-order valence-corrected chi connectivity index (χ4v) is 1.17. The van der Waals surface area contributed by atoms with E-state index < -0.39 is 0 Å². The highest BCUT2D eigenvalue weighted by molar-refractivity contribution is 5.31. The van der Waals surface area contributed by atoms with Gasteiger partial charge in [-0.3, -0.25) is 0 Å². The minimum atomic E-state index is 0.327. The van der Waals surface area contributed by atoms with Gasteiger partial charge in [0.15, 0.2) is 11.5 Å². The van der Waals surface area contributed by atoms with Crippen LogP contribution in [0, 0.1) is 0 Å². The van der Waals surface area contributed by atoms with Gasteiger partial charge in [0.05, 0.1) is 12.9 Å². The van der Waals surface area contributed by atoms with Crippen molar-refractivity contribution in [2.24, 2.45) is 0 Å². The first kappa shape index (κ1) is 7.28. The second-order valence-corrected chi connectivity index (χ2v) is 2.55. The van der Waals surface area contributed by atoms with E-state index in [2.05, 4.69) is 0 Å². The highest BCUT2D eigenvalue weighted by Crippen LogP contribution is 2.25. The Morgan fingerprint density at radius 3 is 2.92 bits per heavy atom. The van der Waals surface area contributed by atoms with E-state index in [9.17, 15) is 0 Å². The van der Waals surface area contributed by atoms with Crippen molar-refractivity contribution in [2.45, 2.75) is 6.42 Å². The predicted octanol–water partition coefficient (Wildman–Crippen LogP) is 1.69. The quantitative estimate of drug-likeness (QED) is 0.593. The smallest absolute Gasteiger partial charge is 0.231 e. The Morgan fingerprint density at radius 1 is 1.25 bits per heavy atom. The molecule has 0 aromatic carbocycles. The van der Waals surface area contributed by atoms with Crippen molar-refractivity contribution >= 4 is 0 Å². The van der Waals surface area contributed by atoms with Crippen LogP contribution < -0.4 is 0 Å². The predicted molar refractivity (Wildman–Crippen MR) is 42.9 cm³/mol. The molecule has 0 atom stereocenters. The maximum atomic E-state index is 5.21. The number of fused-ring (bicyclic) bond motifs is 1. The zero-order valence-corrected chi connectivity index (χ0v) is 6.87. The summed E-state index contributed by atoms with van der Waals surface area (Å²) < 4.78 is 15.5. The Kier molecular flexibility index (Phi) is 1.78. The first-order valence-electron chi connectivity index (χ1n) is 3.81. The van der Waals surface area contributed by atoms with E-state index in [0.29, 0.717) is 6.79 Å². The lowest BCUT2D eigenvalue weighted by Gasteiger charge is -1.99. The Hall–Kier alpha value is -1.38. The molecule has 2 rings (SSSR count). The van der Waals surface area contributed by atoms with Gasteiger partial charge in [-0.15, -0.1) is 0 Å². The molecule has 0 saturated carbocycles. The second-order valence-electron chi connectivity index (χ2n) is 2.55. The molecule has 64 valence electrons. The zero-order valence-electron chi connectivity index (χ0n) is 6.87. The number of hydrogen-bond donors (Lipinski definition) is 0. The van der Waals surface area contributed by atoms with Gasteiger partial charge in [0.25, 0.3) is 0 Å². The molecule has 3 nitrogen and oxygen atoms in total. The SMILES string of the molecule is COC1=CC=C2OCOC2=CC1. The number of methoxy groups -OCH3 is 1. The lowest BCUT2D eigenvalue weighted by atomic mass is 10.3. The molecular formula is C9H10O3. The van der Waals surface area contributed by atoms with Crippen molar-refractivity contribution in [3.05, 3.63) is 35.5 Å². The molecule has 0 bridgehead atoms. The third-order valence-electron chi connectivity index (χ3n) is 1.84. The lowest BCUT2D eigenvalue weighted by Crippen LogP contribution is -1.84. The zero-order chi connectivity index (χ0) is 8.39. The first-order valence-corrected chi connectivity index (χ1v) is 3.81. The van der Waals surface area contributed by atoms with Crippen LogP contribution in [0.25, 0.3) is 0 Å². The van der Waals surface area contributed by atoms with Gasteiger partial charge in [0, 0.05) is 6.42 Å². The lowest BCUT2D eigenvalue weighted by molar-refractivity contribution is 0.0972. The van der Waals surface area contributed by atoms with Crippen LogP contribution in [0.1, 0.15) is 6.42 Å². The molecule has 1 aliphatic heterocycles. The average molecular weight is 166 g/mol. The average Bonchev–Trinajstić information content (AvgIpc) is 2.46. The summed E-state index contributed by atoms with van der Waals surface area (Å²) in [6.45, 7) is 0.327. The summed E-state index contributed by atoms with van der Waals surface area (Å²) in [5.74, 6) is 2.52. The summed E-state index contributed by atoms with van der Waals surface area (Å²) >= 11 is 0. The summed E-state index contributed by atoms with van der Waals surface area (Å²) in [6.07, 6.45) is 6.48. The van der Waals surface area contributed by atoms with Gasteiger partial charge in [-0.05, 0) is 18.2 Å². The van der Waals surface area contributed by atoms with Gasteiger partial charge in [-0.25, -0.2) is 0 Å². The maximum absolute atomic E-state index is 5.21. The van der Waals surface area contributed by atoms with Gasteiger partial charge in [-0.2, -0.15) is 0 Å². The summed E-state index contributed by atoms with van der Waals surface area (Å²) in [4.78, 5) is 0. The molecule has 1 heterocycles. The molecule has 2 aliphatic rings. The molecule has 1 aliphatic carbocycles.